The maximum Gasteiger partial charge on any atom is 0.194 e. The van der Waals surface area contributed by atoms with Crippen LogP contribution in [0.2, 0.25) is 0 Å². The molecule has 0 saturated heterocycles. The van der Waals surface area contributed by atoms with Crippen molar-refractivity contribution in [1.29, 1.82) is 0 Å². The molecule has 1 aliphatic carbocycles. The smallest absolute Gasteiger partial charge is 0.194 e. The van der Waals surface area contributed by atoms with Crippen molar-refractivity contribution >= 4 is 48.9 Å². The molecule has 1 aliphatic rings. The Kier molecular flexibility index (Phi) is 2.94. The van der Waals surface area contributed by atoms with Crippen LogP contribution >= 0.6 is 0 Å². The highest BCUT2D eigenvalue weighted by atomic mass is 16.1. The number of hydrogen-bond donors (Lipinski definition) is 0. The van der Waals surface area contributed by atoms with Gasteiger partial charge in [-0.25, -0.2) is 0 Å². The molecule has 0 aliphatic heterocycles. The fourth-order valence-corrected chi connectivity index (χ4v) is 5.27. The third-order valence-electron chi connectivity index (χ3n) is 6.55. The van der Waals surface area contributed by atoms with Crippen LogP contribution in [-0.2, 0) is 0 Å². The summed E-state index contributed by atoms with van der Waals surface area (Å²) in [4.78, 5) is 13.4. The van der Waals surface area contributed by atoms with Gasteiger partial charge in [0.05, 0.1) is 0 Å². The zero-order valence-corrected chi connectivity index (χ0v) is 16.1. The first-order chi connectivity index (χ1) is 14.8. The van der Waals surface area contributed by atoms with E-state index >= 15 is 0 Å². The lowest BCUT2D eigenvalue weighted by molar-refractivity contribution is 0.104. The highest BCUT2D eigenvalue weighted by Gasteiger charge is 2.25. The molecule has 0 heterocycles. The molecule has 6 aromatic rings. The lowest BCUT2D eigenvalue weighted by Gasteiger charge is -2.21. The first-order valence-electron chi connectivity index (χ1n) is 10.3. The Morgan fingerprint density at radius 2 is 1.03 bits per heavy atom. The SMILES string of the molecule is O=C1c2cccc3ccc4cc(-c5cccc6ccccc56)c5cccc1c5c4c23. The number of rotatable bonds is 1. The van der Waals surface area contributed by atoms with E-state index in [0.29, 0.717) is 0 Å². The summed E-state index contributed by atoms with van der Waals surface area (Å²) in [6.07, 6.45) is 0. The molecular weight excluding hydrogens is 364 g/mol. The molecule has 0 N–H and O–H groups in total. The van der Waals surface area contributed by atoms with Crippen LogP contribution in [0.3, 0.4) is 0 Å². The average molecular weight is 380 g/mol. The number of ketones is 1. The third-order valence-corrected chi connectivity index (χ3v) is 6.55. The molecule has 1 heteroatoms. The van der Waals surface area contributed by atoms with Gasteiger partial charge in [0.1, 0.15) is 0 Å². The minimum absolute atomic E-state index is 0.126. The van der Waals surface area contributed by atoms with Crippen molar-refractivity contribution in [1.82, 2.24) is 0 Å². The van der Waals surface area contributed by atoms with Gasteiger partial charge < -0.3 is 0 Å². The van der Waals surface area contributed by atoms with Crippen LogP contribution in [0.1, 0.15) is 15.9 Å². The second-order valence-electron chi connectivity index (χ2n) is 8.08. The average Bonchev–Trinajstić information content (AvgIpc) is 2.81. The monoisotopic (exact) mass is 380 g/mol. The number of hydrogen-bond acceptors (Lipinski definition) is 1. The largest absolute Gasteiger partial charge is 0.289 e. The van der Waals surface area contributed by atoms with Gasteiger partial charge in [-0.15, -0.1) is 0 Å². The fourth-order valence-electron chi connectivity index (χ4n) is 5.27. The first-order valence-corrected chi connectivity index (χ1v) is 10.3. The van der Waals surface area contributed by atoms with Crippen molar-refractivity contribution in [2.24, 2.45) is 0 Å². The standard InChI is InChI=1S/C29H16O/c30-29-23-12-4-8-18-14-15-19-16-25(21-10-3-7-17-6-1-2-9-20(17)21)22-11-5-13-24(29)28(22)27(19)26(18)23/h1-16H. The van der Waals surface area contributed by atoms with E-state index in [4.69, 9.17) is 0 Å². The van der Waals surface area contributed by atoms with Crippen LogP contribution in [-0.4, -0.2) is 5.78 Å². The molecule has 0 unspecified atom stereocenters. The molecule has 0 fully saturated rings. The van der Waals surface area contributed by atoms with Crippen molar-refractivity contribution in [3.63, 3.8) is 0 Å². The van der Waals surface area contributed by atoms with Gasteiger partial charge in [-0.3, -0.25) is 4.79 Å². The summed E-state index contributed by atoms with van der Waals surface area (Å²) in [6, 6.07) is 33.8. The minimum atomic E-state index is 0.126. The zero-order valence-electron chi connectivity index (χ0n) is 16.1. The molecule has 0 aromatic heterocycles. The van der Waals surface area contributed by atoms with Gasteiger partial charge in [0.25, 0.3) is 0 Å². The van der Waals surface area contributed by atoms with Gasteiger partial charge in [0, 0.05) is 21.9 Å². The molecule has 0 atom stereocenters. The predicted octanol–water partition coefficient (Wildman–Crippen LogP) is 7.51. The maximum absolute atomic E-state index is 13.4. The molecule has 30 heavy (non-hydrogen) atoms. The lowest BCUT2D eigenvalue weighted by atomic mass is 9.81. The Hall–Kier alpha value is -3.97. The van der Waals surface area contributed by atoms with Crippen molar-refractivity contribution in [3.8, 4) is 11.1 Å². The number of carbonyl (C=O) groups excluding carboxylic acids is 1. The molecule has 0 radical (unpaired) electrons. The van der Waals surface area contributed by atoms with Crippen molar-refractivity contribution in [3.05, 3.63) is 108 Å². The van der Waals surface area contributed by atoms with E-state index in [1.165, 1.54) is 32.7 Å². The molecular formula is C29H16O. The first kappa shape index (κ1) is 15.9. The van der Waals surface area contributed by atoms with Gasteiger partial charge >= 0.3 is 0 Å². The summed E-state index contributed by atoms with van der Waals surface area (Å²) in [5, 5.41) is 9.30. The van der Waals surface area contributed by atoms with E-state index in [-0.39, 0.29) is 5.78 Å². The van der Waals surface area contributed by atoms with Crippen molar-refractivity contribution < 1.29 is 4.79 Å². The molecule has 138 valence electrons. The second-order valence-corrected chi connectivity index (χ2v) is 8.08. The third kappa shape index (κ3) is 1.89. The van der Waals surface area contributed by atoms with E-state index in [2.05, 4.69) is 72.8 Å². The topological polar surface area (TPSA) is 17.1 Å². The van der Waals surface area contributed by atoms with E-state index in [1.807, 2.05) is 24.3 Å². The molecule has 0 bridgehead atoms. The van der Waals surface area contributed by atoms with Crippen LogP contribution in [0.4, 0.5) is 0 Å². The van der Waals surface area contributed by atoms with Crippen molar-refractivity contribution in [2.75, 3.05) is 0 Å². The van der Waals surface area contributed by atoms with E-state index in [0.717, 1.165) is 32.7 Å². The Morgan fingerprint density at radius 3 is 1.93 bits per heavy atom. The van der Waals surface area contributed by atoms with E-state index < -0.39 is 0 Å². The van der Waals surface area contributed by atoms with Crippen LogP contribution in [0.15, 0.2) is 97.1 Å². The van der Waals surface area contributed by atoms with Crippen LogP contribution in [0.25, 0.3) is 54.2 Å². The fraction of sp³-hybridized carbons (Fsp3) is 0. The Labute approximate surface area is 173 Å². The summed E-state index contributed by atoms with van der Waals surface area (Å²) in [5.74, 6) is 0.126. The highest BCUT2D eigenvalue weighted by Crippen LogP contribution is 2.45. The van der Waals surface area contributed by atoms with E-state index in [1.54, 1.807) is 0 Å². The molecule has 6 aromatic carbocycles. The summed E-state index contributed by atoms with van der Waals surface area (Å²) < 4.78 is 0. The van der Waals surface area contributed by atoms with Gasteiger partial charge in [-0.1, -0.05) is 91.0 Å². The van der Waals surface area contributed by atoms with Crippen LogP contribution in [0.5, 0.6) is 0 Å². The number of carbonyl (C=O) groups is 1. The van der Waals surface area contributed by atoms with Crippen LogP contribution in [0, 0.1) is 0 Å². The van der Waals surface area contributed by atoms with Crippen LogP contribution < -0.4 is 0 Å². The van der Waals surface area contributed by atoms with Gasteiger partial charge in [0.15, 0.2) is 5.78 Å². The Bertz CT molecular complexity index is 1700. The summed E-state index contributed by atoms with van der Waals surface area (Å²) in [7, 11) is 0. The quantitative estimate of drug-likeness (QED) is 0.269. The second kappa shape index (κ2) is 5.55. The predicted molar refractivity (Wildman–Crippen MR) is 125 cm³/mol. The highest BCUT2D eigenvalue weighted by molar-refractivity contribution is 6.38. The lowest BCUT2D eigenvalue weighted by Crippen LogP contribution is -2.08. The van der Waals surface area contributed by atoms with Crippen molar-refractivity contribution in [2.45, 2.75) is 0 Å². The van der Waals surface area contributed by atoms with Gasteiger partial charge in [-0.2, -0.15) is 0 Å². The molecule has 1 nitrogen and oxygen atoms in total. The Morgan fingerprint density at radius 1 is 0.400 bits per heavy atom. The Balaban J connectivity index is 1.76. The summed E-state index contributed by atoms with van der Waals surface area (Å²) >= 11 is 0. The summed E-state index contributed by atoms with van der Waals surface area (Å²) in [6.45, 7) is 0. The van der Waals surface area contributed by atoms with E-state index in [9.17, 15) is 4.79 Å². The molecule has 0 saturated carbocycles. The zero-order chi connectivity index (χ0) is 19.8. The molecule has 0 amide bonds. The number of benzene rings is 6. The van der Waals surface area contributed by atoms with Gasteiger partial charge in [0.2, 0.25) is 0 Å². The minimum Gasteiger partial charge on any atom is -0.289 e. The normalized spacial score (nSPS) is 12.7. The molecule has 0 spiro atoms. The van der Waals surface area contributed by atoms with Gasteiger partial charge in [-0.05, 0) is 49.5 Å². The summed E-state index contributed by atoms with van der Waals surface area (Å²) in [5.41, 5.74) is 4.02. The maximum atomic E-state index is 13.4. The molecule has 7 rings (SSSR count). The number of fused-ring (bicyclic) bond motifs is 1.